The molecular formula is C17H11ClFN3O4. The molecule has 0 atom stereocenters. The molecule has 1 aromatic heterocycles. The molecule has 0 bridgehead atoms. The zero-order valence-electron chi connectivity index (χ0n) is 13.2. The zero-order chi connectivity index (χ0) is 18.1. The fraction of sp³-hybridized carbons (Fsp3) is 0.118. The van der Waals surface area contributed by atoms with Gasteiger partial charge in [-0.05, 0) is 35.9 Å². The van der Waals surface area contributed by atoms with Gasteiger partial charge >= 0.3 is 0 Å². The van der Waals surface area contributed by atoms with Crippen LogP contribution in [0.3, 0.4) is 0 Å². The number of amides is 1. The number of rotatable bonds is 4. The molecule has 9 heteroatoms. The number of aromatic nitrogens is 2. The number of carbonyl (C=O) groups excluding carboxylic acids is 1. The fourth-order valence-corrected chi connectivity index (χ4v) is 2.62. The van der Waals surface area contributed by atoms with Gasteiger partial charge in [0, 0.05) is 17.1 Å². The Morgan fingerprint density at radius 2 is 2.04 bits per heavy atom. The topological polar surface area (TPSA) is 86.5 Å². The second-order valence-corrected chi connectivity index (χ2v) is 5.82. The van der Waals surface area contributed by atoms with Crippen LogP contribution in [0.2, 0.25) is 5.02 Å². The van der Waals surface area contributed by atoms with Crippen LogP contribution < -0.4 is 14.8 Å². The van der Waals surface area contributed by atoms with Crippen LogP contribution in [-0.4, -0.2) is 22.8 Å². The summed E-state index contributed by atoms with van der Waals surface area (Å²) in [6, 6.07) is 9.07. The van der Waals surface area contributed by atoms with Crippen LogP contribution in [0.1, 0.15) is 16.2 Å². The maximum Gasteiger partial charge on any atom is 0.292 e. The van der Waals surface area contributed by atoms with E-state index in [0.29, 0.717) is 22.6 Å². The van der Waals surface area contributed by atoms with Crippen molar-refractivity contribution < 1.29 is 23.2 Å². The molecule has 0 spiro atoms. The summed E-state index contributed by atoms with van der Waals surface area (Å²) in [5.41, 5.74) is 1.17. The van der Waals surface area contributed by atoms with Crippen molar-refractivity contribution >= 4 is 17.5 Å². The Balaban J connectivity index is 1.46. The number of hydrogen-bond acceptors (Lipinski definition) is 6. The molecule has 0 aliphatic carbocycles. The minimum Gasteiger partial charge on any atom is -0.454 e. The summed E-state index contributed by atoms with van der Waals surface area (Å²) in [4.78, 5) is 16.2. The van der Waals surface area contributed by atoms with Gasteiger partial charge in [0.2, 0.25) is 6.79 Å². The number of hydrogen-bond donors (Lipinski definition) is 1. The van der Waals surface area contributed by atoms with Gasteiger partial charge in [0.05, 0.1) is 0 Å². The maximum atomic E-state index is 13.0. The highest BCUT2D eigenvalue weighted by molar-refractivity contribution is 6.31. The van der Waals surface area contributed by atoms with Crippen LogP contribution >= 0.6 is 11.6 Å². The minimum atomic E-state index is -0.541. The van der Waals surface area contributed by atoms with Crippen LogP contribution in [0.5, 0.6) is 11.5 Å². The first-order chi connectivity index (χ1) is 12.6. The number of halogens is 2. The minimum absolute atomic E-state index is 0.103. The van der Waals surface area contributed by atoms with Gasteiger partial charge in [-0.1, -0.05) is 22.8 Å². The summed E-state index contributed by atoms with van der Waals surface area (Å²) >= 11 is 5.93. The predicted molar refractivity (Wildman–Crippen MR) is 88.4 cm³/mol. The molecule has 0 radical (unpaired) electrons. The highest BCUT2D eigenvalue weighted by atomic mass is 35.5. The van der Waals surface area contributed by atoms with E-state index in [9.17, 15) is 9.18 Å². The predicted octanol–water partition coefficient (Wildman–Crippen LogP) is 3.19. The standard InChI is InChI=1S/C17H11ClFN3O4/c18-12-6-11(19)3-1-10(12)7-20-16(23)15-21-17(26-22-15)9-2-4-13-14(5-9)25-8-24-13/h1-6H,7-8H2,(H,20,23). The summed E-state index contributed by atoms with van der Waals surface area (Å²) < 4.78 is 28.7. The van der Waals surface area contributed by atoms with Crippen molar-refractivity contribution in [1.82, 2.24) is 15.5 Å². The molecule has 1 aliphatic rings. The van der Waals surface area contributed by atoms with E-state index in [-0.39, 0.29) is 30.1 Å². The van der Waals surface area contributed by atoms with Gasteiger partial charge in [-0.15, -0.1) is 0 Å². The zero-order valence-corrected chi connectivity index (χ0v) is 13.9. The van der Waals surface area contributed by atoms with Crippen molar-refractivity contribution in [3.8, 4) is 23.0 Å². The van der Waals surface area contributed by atoms with E-state index < -0.39 is 11.7 Å². The van der Waals surface area contributed by atoms with Crippen molar-refractivity contribution in [2.24, 2.45) is 0 Å². The molecule has 2 heterocycles. The molecule has 1 N–H and O–H groups in total. The summed E-state index contributed by atoms with van der Waals surface area (Å²) in [7, 11) is 0. The Morgan fingerprint density at radius 1 is 1.19 bits per heavy atom. The van der Waals surface area contributed by atoms with Crippen LogP contribution in [0, 0.1) is 5.82 Å². The van der Waals surface area contributed by atoms with Crippen LogP contribution in [0.4, 0.5) is 4.39 Å². The second-order valence-electron chi connectivity index (χ2n) is 5.41. The van der Waals surface area contributed by atoms with Gasteiger partial charge < -0.3 is 19.3 Å². The summed E-state index contributed by atoms with van der Waals surface area (Å²) in [5, 5.41) is 6.50. The van der Waals surface area contributed by atoms with E-state index in [4.69, 9.17) is 25.6 Å². The number of benzene rings is 2. The quantitative estimate of drug-likeness (QED) is 0.753. The Morgan fingerprint density at radius 3 is 2.88 bits per heavy atom. The molecule has 3 aromatic rings. The first-order valence-corrected chi connectivity index (χ1v) is 7.94. The lowest BCUT2D eigenvalue weighted by atomic mass is 10.2. The van der Waals surface area contributed by atoms with E-state index in [2.05, 4.69) is 15.5 Å². The molecule has 7 nitrogen and oxygen atoms in total. The molecule has 2 aromatic carbocycles. The molecule has 132 valence electrons. The Labute approximate surface area is 151 Å². The van der Waals surface area contributed by atoms with Gasteiger partial charge in [0.1, 0.15) is 5.82 Å². The molecule has 4 rings (SSSR count). The molecule has 0 unspecified atom stereocenters. The molecule has 0 saturated carbocycles. The van der Waals surface area contributed by atoms with Gasteiger partial charge in [-0.3, -0.25) is 4.79 Å². The smallest absolute Gasteiger partial charge is 0.292 e. The van der Waals surface area contributed by atoms with Crippen molar-refractivity contribution in [3.63, 3.8) is 0 Å². The Kier molecular flexibility index (Phi) is 4.18. The summed E-state index contributed by atoms with van der Waals surface area (Å²) in [6.07, 6.45) is 0. The van der Waals surface area contributed by atoms with Gasteiger partial charge in [0.15, 0.2) is 11.5 Å². The monoisotopic (exact) mass is 375 g/mol. The highest BCUT2D eigenvalue weighted by Gasteiger charge is 2.19. The lowest BCUT2D eigenvalue weighted by Gasteiger charge is -2.05. The van der Waals surface area contributed by atoms with E-state index in [0.717, 1.165) is 0 Å². The number of carbonyl (C=O) groups is 1. The number of nitrogens with zero attached hydrogens (tertiary/aromatic N) is 2. The normalized spacial score (nSPS) is 12.2. The van der Waals surface area contributed by atoms with Gasteiger partial charge in [-0.2, -0.15) is 4.98 Å². The molecule has 0 saturated heterocycles. The van der Waals surface area contributed by atoms with E-state index >= 15 is 0 Å². The molecule has 1 aliphatic heterocycles. The third-order valence-electron chi connectivity index (χ3n) is 3.70. The number of ether oxygens (including phenoxy) is 2. The third-order valence-corrected chi connectivity index (χ3v) is 4.05. The van der Waals surface area contributed by atoms with Crippen molar-refractivity contribution in [2.75, 3.05) is 6.79 Å². The number of fused-ring (bicyclic) bond motifs is 1. The average molecular weight is 376 g/mol. The first-order valence-electron chi connectivity index (χ1n) is 7.56. The lowest BCUT2D eigenvalue weighted by molar-refractivity contribution is 0.0937. The molecular weight excluding hydrogens is 365 g/mol. The van der Waals surface area contributed by atoms with E-state index in [1.54, 1.807) is 18.2 Å². The lowest BCUT2D eigenvalue weighted by Crippen LogP contribution is -2.24. The van der Waals surface area contributed by atoms with E-state index in [1.807, 2.05) is 0 Å². The fourth-order valence-electron chi connectivity index (χ4n) is 2.38. The molecule has 1 amide bonds. The second kappa shape index (κ2) is 6.64. The molecule has 26 heavy (non-hydrogen) atoms. The van der Waals surface area contributed by atoms with E-state index in [1.165, 1.54) is 18.2 Å². The number of nitrogens with one attached hydrogen (secondary N) is 1. The molecule has 0 fully saturated rings. The van der Waals surface area contributed by atoms with Gasteiger partial charge in [-0.25, -0.2) is 4.39 Å². The maximum absolute atomic E-state index is 13.0. The Hall–Kier alpha value is -3.13. The SMILES string of the molecule is O=C(NCc1ccc(F)cc1Cl)c1noc(-c2ccc3c(c2)OCO3)n1. The third kappa shape index (κ3) is 3.18. The summed E-state index contributed by atoms with van der Waals surface area (Å²) in [6.45, 7) is 0.258. The largest absolute Gasteiger partial charge is 0.454 e. The van der Waals surface area contributed by atoms with Crippen LogP contribution in [0.15, 0.2) is 40.9 Å². The van der Waals surface area contributed by atoms with Crippen molar-refractivity contribution in [1.29, 1.82) is 0 Å². The summed E-state index contributed by atoms with van der Waals surface area (Å²) in [5.74, 6) is 0.252. The van der Waals surface area contributed by atoms with Gasteiger partial charge in [0.25, 0.3) is 17.6 Å². The van der Waals surface area contributed by atoms with Crippen LogP contribution in [-0.2, 0) is 6.54 Å². The highest BCUT2D eigenvalue weighted by Crippen LogP contribution is 2.35. The van der Waals surface area contributed by atoms with Crippen molar-refractivity contribution in [2.45, 2.75) is 6.54 Å². The van der Waals surface area contributed by atoms with Crippen LogP contribution in [0.25, 0.3) is 11.5 Å². The Bertz CT molecular complexity index is 992. The average Bonchev–Trinajstić information content (AvgIpc) is 3.29. The first kappa shape index (κ1) is 16.3. The van der Waals surface area contributed by atoms with Crippen molar-refractivity contribution in [3.05, 3.63) is 58.6 Å².